The number of nitrogens with one attached hydrogen (secondary N) is 2. The van der Waals surface area contributed by atoms with E-state index in [9.17, 15) is 0 Å². The first-order chi connectivity index (χ1) is 10.3. The topological polar surface area (TPSA) is 75.9 Å². The summed E-state index contributed by atoms with van der Waals surface area (Å²) in [7, 11) is 0. The van der Waals surface area contributed by atoms with Crippen LogP contribution in [0.25, 0.3) is 0 Å². The molecule has 2 aliphatic rings. The second-order valence-corrected chi connectivity index (χ2v) is 5.88. The lowest BCUT2D eigenvalue weighted by atomic mass is 10.1. The number of aryl methyl sites for hydroxylation is 2. The maximum atomic E-state index is 5.51. The van der Waals surface area contributed by atoms with Crippen LogP contribution < -0.4 is 16.6 Å². The lowest BCUT2D eigenvalue weighted by Gasteiger charge is -2.10. The molecule has 0 radical (unpaired) electrons. The summed E-state index contributed by atoms with van der Waals surface area (Å²) in [4.78, 5) is 9.04. The number of hydrogen-bond acceptors (Lipinski definition) is 5. The smallest absolute Gasteiger partial charge is 0.145 e. The van der Waals surface area contributed by atoms with Crippen molar-refractivity contribution >= 4 is 17.3 Å². The lowest BCUT2D eigenvalue weighted by Crippen LogP contribution is -2.11. The van der Waals surface area contributed by atoms with Crippen molar-refractivity contribution in [2.45, 2.75) is 38.0 Å². The molecular weight excluding hydrogens is 262 g/mol. The van der Waals surface area contributed by atoms with E-state index in [1.165, 1.54) is 43.2 Å². The van der Waals surface area contributed by atoms with Crippen LogP contribution in [0, 0.1) is 0 Å². The molecule has 0 atom stereocenters. The van der Waals surface area contributed by atoms with Crippen molar-refractivity contribution in [1.82, 2.24) is 9.97 Å². The normalized spacial score (nSPS) is 16.6. The Bertz CT molecular complexity index is 678. The zero-order chi connectivity index (χ0) is 14.2. The largest absolute Gasteiger partial charge is 0.340 e. The predicted molar refractivity (Wildman–Crippen MR) is 83.6 cm³/mol. The molecular formula is C16H19N5. The van der Waals surface area contributed by atoms with E-state index in [4.69, 9.17) is 5.84 Å². The van der Waals surface area contributed by atoms with Crippen LogP contribution in [0.3, 0.4) is 0 Å². The number of aromatic nitrogens is 2. The zero-order valence-electron chi connectivity index (χ0n) is 11.9. The number of hydrogen-bond donors (Lipinski definition) is 3. The first-order valence-corrected chi connectivity index (χ1v) is 7.56. The van der Waals surface area contributed by atoms with Crippen LogP contribution >= 0.6 is 0 Å². The van der Waals surface area contributed by atoms with Crippen molar-refractivity contribution in [2.24, 2.45) is 5.84 Å². The monoisotopic (exact) mass is 281 g/mol. The second-order valence-electron chi connectivity index (χ2n) is 5.88. The van der Waals surface area contributed by atoms with Gasteiger partial charge in [0.25, 0.3) is 0 Å². The Morgan fingerprint density at radius 1 is 1.00 bits per heavy atom. The number of nitrogens with two attached hydrogens (primary N) is 1. The third-order valence-corrected chi connectivity index (χ3v) is 4.20. The van der Waals surface area contributed by atoms with Gasteiger partial charge in [0, 0.05) is 17.7 Å². The van der Waals surface area contributed by atoms with Crippen LogP contribution in [0.1, 0.15) is 42.1 Å². The van der Waals surface area contributed by atoms with Crippen LogP contribution in [0.15, 0.2) is 24.3 Å². The van der Waals surface area contributed by atoms with E-state index in [0.717, 1.165) is 17.3 Å². The van der Waals surface area contributed by atoms with E-state index in [2.05, 4.69) is 38.9 Å². The van der Waals surface area contributed by atoms with Gasteiger partial charge < -0.3 is 10.7 Å². The highest BCUT2D eigenvalue weighted by Crippen LogP contribution is 2.39. The number of fused-ring (bicyclic) bond motifs is 1. The fourth-order valence-corrected chi connectivity index (χ4v) is 2.93. The highest BCUT2D eigenvalue weighted by Gasteiger charge is 2.27. The van der Waals surface area contributed by atoms with Gasteiger partial charge in [-0.2, -0.15) is 0 Å². The Morgan fingerprint density at radius 3 is 2.62 bits per heavy atom. The number of rotatable bonds is 4. The maximum absolute atomic E-state index is 5.51. The molecule has 108 valence electrons. The quantitative estimate of drug-likeness (QED) is 0.593. The van der Waals surface area contributed by atoms with Crippen molar-refractivity contribution < 1.29 is 0 Å². The molecule has 2 aliphatic carbocycles. The average Bonchev–Trinajstić information content (AvgIpc) is 3.25. The number of nitrogen functional groups attached to an aromatic ring is 1. The number of anilines is 3. The van der Waals surface area contributed by atoms with Crippen LogP contribution in [0.2, 0.25) is 0 Å². The van der Waals surface area contributed by atoms with Gasteiger partial charge in [-0.15, -0.1) is 0 Å². The Labute approximate surface area is 124 Å². The molecule has 0 saturated heterocycles. The van der Waals surface area contributed by atoms with Gasteiger partial charge in [-0.1, -0.05) is 6.07 Å². The maximum Gasteiger partial charge on any atom is 0.145 e. The summed E-state index contributed by atoms with van der Waals surface area (Å²) < 4.78 is 0. The van der Waals surface area contributed by atoms with Gasteiger partial charge in [0.1, 0.15) is 17.5 Å². The van der Waals surface area contributed by atoms with Crippen molar-refractivity contribution in [3.05, 3.63) is 41.2 Å². The number of hydrazine groups is 1. The molecule has 1 heterocycles. The summed E-state index contributed by atoms with van der Waals surface area (Å²) in [5, 5.41) is 3.38. The van der Waals surface area contributed by atoms with Crippen molar-refractivity contribution in [3.63, 3.8) is 0 Å². The molecule has 4 N–H and O–H groups in total. The first kappa shape index (κ1) is 12.6. The third-order valence-electron chi connectivity index (χ3n) is 4.20. The van der Waals surface area contributed by atoms with E-state index in [-0.39, 0.29) is 0 Å². The van der Waals surface area contributed by atoms with Crippen LogP contribution in [0.4, 0.5) is 17.3 Å². The Kier molecular flexibility index (Phi) is 3.00. The molecule has 0 spiro atoms. The molecule has 0 unspecified atom stereocenters. The first-order valence-electron chi connectivity index (χ1n) is 7.56. The van der Waals surface area contributed by atoms with Crippen LogP contribution in [0.5, 0.6) is 0 Å². The van der Waals surface area contributed by atoms with Gasteiger partial charge in [-0.25, -0.2) is 15.8 Å². The van der Waals surface area contributed by atoms with Crippen molar-refractivity contribution in [3.8, 4) is 0 Å². The molecule has 1 aromatic heterocycles. The molecule has 1 saturated carbocycles. The van der Waals surface area contributed by atoms with Crippen molar-refractivity contribution in [2.75, 3.05) is 10.7 Å². The van der Waals surface area contributed by atoms with Gasteiger partial charge in [-0.3, -0.25) is 0 Å². The summed E-state index contributed by atoms with van der Waals surface area (Å²) in [6, 6.07) is 8.42. The minimum absolute atomic E-state index is 0.499. The molecule has 5 nitrogen and oxygen atoms in total. The number of nitrogens with zero attached hydrogens (tertiary/aromatic N) is 2. The Balaban J connectivity index is 1.62. The standard InChI is InChI=1S/C16H19N5/c17-21-15-9-14(19-16(20-15)11-4-5-11)18-13-7-6-10-2-1-3-12(10)8-13/h6-9,11H,1-5,17H2,(H2,18,19,20,21). The van der Waals surface area contributed by atoms with Gasteiger partial charge in [0.05, 0.1) is 0 Å². The SMILES string of the molecule is NNc1cc(Nc2ccc3c(c2)CCC3)nc(C2CC2)n1. The molecule has 0 amide bonds. The van der Waals surface area contributed by atoms with Gasteiger partial charge in [0.15, 0.2) is 0 Å². The van der Waals surface area contributed by atoms with Crippen molar-refractivity contribution in [1.29, 1.82) is 0 Å². The number of benzene rings is 1. The van der Waals surface area contributed by atoms with Gasteiger partial charge in [0.2, 0.25) is 0 Å². The van der Waals surface area contributed by atoms with E-state index < -0.39 is 0 Å². The molecule has 1 fully saturated rings. The lowest BCUT2D eigenvalue weighted by molar-refractivity contribution is 0.912. The fourth-order valence-electron chi connectivity index (χ4n) is 2.93. The Morgan fingerprint density at radius 2 is 1.81 bits per heavy atom. The molecule has 2 aromatic rings. The van der Waals surface area contributed by atoms with Crippen LogP contribution in [-0.2, 0) is 12.8 Å². The minimum Gasteiger partial charge on any atom is -0.340 e. The van der Waals surface area contributed by atoms with E-state index in [1.807, 2.05) is 6.07 Å². The Hall–Kier alpha value is -2.14. The summed E-state index contributed by atoms with van der Waals surface area (Å²) in [6.45, 7) is 0. The molecule has 0 aliphatic heterocycles. The third kappa shape index (κ3) is 2.56. The fraction of sp³-hybridized carbons (Fsp3) is 0.375. The van der Waals surface area contributed by atoms with E-state index in [1.54, 1.807) is 0 Å². The summed E-state index contributed by atoms with van der Waals surface area (Å²) in [5.41, 5.74) is 6.64. The molecule has 1 aromatic carbocycles. The van der Waals surface area contributed by atoms with Gasteiger partial charge >= 0.3 is 0 Å². The van der Waals surface area contributed by atoms with Gasteiger partial charge in [-0.05, 0) is 55.4 Å². The molecule has 21 heavy (non-hydrogen) atoms. The molecule has 4 rings (SSSR count). The highest BCUT2D eigenvalue weighted by molar-refractivity contribution is 5.61. The molecule has 5 heteroatoms. The van der Waals surface area contributed by atoms with E-state index in [0.29, 0.717) is 11.7 Å². The highest BCUT2D eigenvalue weighted by atomic mass is 15.3. The summed E-state index contributed by atoms with van der Waals surface area (Å²) in [6.07, 6.45) is 5.99. The second kappa shape index (κ2) is 5.00. The van der Waals surface area contributed by atoms with Crippen LogP contribution in [-0.4, -0.2) is 9.97 Å². The predicted octanol–water partition coefficient (Wildman–Crippen LogP) is 2.87. The average molecular weight is 281 g/mol. The minimum atomic E-state index is 0.499. The zero-order valence-corrected chi connectivity index (χ0v) is 11.9. The van der Waals surface area contributed by atoms with E-state index >= 15 is 0 Å². The summed E-state index contributed by atoms with van der Waals surface area (Å²) >= 11 is 0. The summed E-state index contributed by atoms with van der Waals surface area (Å²) in [5.74, 6) is 8.36. The molecule has 0 bridgehead atoms.